The zero-order valence-corrected chi connectivity index (χ0v) is 13.4. The first-order valence-corrected chi connectivity index (χ1v) is 7.38. The fourth-order valence-corrected chi connectivity index (χ4v) is 2.61. The number of rotatable bonds is 4. The molecule has 0 aliphatic heterocycles. The third-order valence-electron chi connectivity index (χ3n) is 3.66. The summed E-state index contributed by atoms with van der Waals surface area (Å²) in [6.45, 7) is 0. The van der Waals surface area contributed by atoms with Crippen molar-refractivity contribution in [3.63, 3.8) is 0 Å². The van der Waals surface area contributed by atoms with Crippen LogP contribution in [0, 0.1) is 10.1 Å². The van der Waals surface area contributed by atoms with Crippen LogP contribution in [0.2, 0.25) is 5.28 Å². The second-order valence-electron chi connectivity index (χ2n) is 5.09. The Balaban J connectivity index is 2.15. The highest BCUT2D eigenvalue weighted by atomic mass is 35.5. The fraction of sp³-hybridized carbons (Fsp3) is 0.125. The number of methoxy groups -OCH3 is 1. The lowest BCUT2D eigenvalue weighted by atomic mass is 10.0. The van der Waals surface area contributed by atoms with E-state index in [1.54, 1.807) is 19.2 Å². The number of fused-ring (bicyclic) bond motifs is 1. The number of nitro benzene ring substituents is 1. The van der Waals surface area contributed by atoms with Crippen molar-refractivity contribution in [1.82, 2.24) is 9.97 Å². The summed E-state index contributed by atoms with van der Waals surface area (Å²) in [7, 11) is 1.58. The Hall–Kier alpha value is -2.77. The first-order valence-electron chi connectivity index (χ1n) is 7.00. The first kappa shape index (κ1) is 16.1. The van der Waals surface area contributed by atoms with Crippen LogP contribution in [-0.4, -0.2) is 22.0 Å². The summed E-state index contributed by atoms with van der Waals surface area (Å²) in [6, 6.07) is 10.9. The molecule has 2 aromatic carbocycles. The average molecular weight is 345 g/mol. The molecule has 0 saturated heterocycles. The number of non-ortho nitro benzene ring substituents is 1. The molecule has 1 aromatic heterocycles. The molecule has 0 aliphatic rings. The van der Waals surface area contributed by atoms with Gasteiger partial charge in [-0.25, -0.2) is 9.97 Å². The van der Waals surface area contributed by atoms with Crippen LogP contribution in [-0.2, 0) is 0 Å². The van der Waals surface area contributed by atoms with Crippen LogP contribution in [0.3, 0.4) is 0 Å². The maximum Gasteiger partial charge on any atom is 0.270 e. The van der Waals surface area contributed by atoms with Gasteiger partial charge in [-0.3, -0.25) is 10.1 Å². The Morgan fingerprint density at radius 3 is 2.54 bits per heavy atom. The van der Waals surface area contributed by atoms with Crippen LogP contribution < -0.4 is 10.5 Å². The predicted molar refractivity (Wildman–Crippen MR) is 90.2 cm³/mol. The minimum atomic E-state index is -0.610. The van der Waals surface area contributed by atoms with Crippen molar-refractivity contribution in [2.45, 2.75) is 6.04 Å². The highest BCUT2D eigenvalue weighted by molar-refractivity contribution is 6.28. The van der Waals surface area contributed by atoms with E-state index in [1.807, 2.05) is 12.1 Å². The predicted octanol–water partition coefficient (Wildman–Crippen LogP) is 3.25. The van der Waals surface area contributed by atoms with Crippen molar-refractivity contribution in [2.24, 2.45) is 5.73 Å². The molecule has 24 heavy (non-hydrogen) atoms. The average Bonchev–Trinajstić information content (AvgIpc) is 2.60. The van der Waals surface area contributed by atoms with Crippen LogP contribution in [0.15, 0.2) is 42.5 Å². The van der Waals surface area contributed by atoms with Crippen LogP contribution in [0.25, 0.3) is 10.9 Å². The number of aromatic nitrogens is 2. The normalized spacial score (nSPS) is 12.1. The molecule has 0 saturated carbocycles. The fourth-order valence-electron chi connectivity index (χ4n) is 2.43. The third kappa shape index (κ3) is 2.99. The zero-order chi connectivity index (χ0) is 17.3. The lowest BCUT2D eigenvalue weighted by Gasteiger charge is -2.14. The topological polar surface area (TPSA) is 104 Å². The molecule has 0 radical (unpaired) electrons. The molecule has 0 bridgehead atoms. The minimum Gasteiger partial charge on any atom is -0.497 e. The van der Waals surface area contributed by atoms with Gasteiger partial charge < -0.3 is 10.5 Å². The Kier molecular flexibility index (Phi) is 4.28. The Morgan fingerprint density at radius 2 is 1.92 bits per heavy atom. The molecule has 1 heterocycles. The molecule has 2 N–H and O–H groups in total. The maximum absolute atomic E-state index is 11.0. The van der Waals surface area contributed by atoms with E-state index in [-0.39, 0.29) is 11.0 Å². The smallest absolute Gasteiger partial charge is 0.270 e. The van der Waals surface area contributed by atoms with Gasteiger partial charge in [-0.15, -0.1) is 0 Å². The van der Waals surface area contributed by atoms with Gasteiger partial charge in [0.25, 0.3) is 5.69 Å². The van der Waals surface area contributed by atoms with Gasteiger partial charge in [-0.05, 0) is 35.4 Å². The summed E-state index contributed by atoms with van der Waals surface area (Å²) < 4.78 is 5.12. The molecule has 3 rings (SSSR count). The number of nitrogens with zero attached hydrogens (tertiary/aromatic N) is 3. The van der Waals surface area contributed by atoms with E-state index in [1.165, 1.54) is 18.2 Å². The molecule has 7 nitrogen and oxygen atoms in total. The molecular formula is C16H13ClN4O3. The quantitative estimate of drug-likeness (QED) is 0.442. The summed E-state index contributed by atoms with van der Waals surface area (Å²) in [6.07, 6.45) is 0. The number of benzene rings is 2. The lowest BCUT2D eigenvalue weighted by molar-refractivity contribution is -0.384. The standard InChI is InChI=1S/C16H13ClN4O3/c1-24-11-5-2-9(3-6-11)14(18)15-12-8-10(21(22)23)4-7-13(12)19-16(17)20-15/h2-8,14H,18H2,1H3. The SMILES string of the molecule is COc1ccc(C(N)c2nc(Cl)nc3ccc([N+](=O)[O-])cc23)cc1. The van der Waals surface area contributed by atoms with Crippen LogP contribution >= 0.6 is 11.6 Å². The second kappa shape index (κ2) is 6.38. The summed E-state index contributed by atoms with van der Waals surface area (Å²) in [5.41, 5.74) is 7.96. The van der Waals surface area contributed by atoms with E-state index >= 15 is 0 Å². The Bertz CT molecular complexity index is 915. The third-order valence-corrected chi connectivity index (χ3v) is 3.83. The van der Waals surface area contributed by atoms with Crippen LogP contribution in [0.4, 0.5) is 5.69 Å². The molecule has 1 unspecified atom stereocenters. The van der Waals surface area contributed by atoms with E-state index in [2.05, 4.69) is 9.97 Å². The van der Waals surface area contributed by atoms with Gasteiger partial charge in [0.15, 0.2) is 0 Å². The van der Waals surface area contributed by atoms with Gasteiger partial charge in [0.2, 0.25) is 5.28 Å². The van der Waals surface area contributed by atoms with E-state index in [9.17, 15) is 10.1 Å². The second-order valence-corrected chi connectivity index (χ2v) is 5.43. The lowest BCUT2D eigenvalue weighted by Crippen LogP contribution is -2.15. The number of hydrogen-bond donors (Lipinski definition) is 1. The molecule has 0 aliphatic carbocycles. The molecular weight excluding hydrogens is 332 g/mol. The van der Waals surface area contributed by atoms with Crippen molar-refractivity contribution in [3.8, 4) is 5.75 Å². The number of nitrogens with two attached hydrogens (primary N) is 1. The van der Waals surface area contributed by atoms with E-state index < -0.39 is 11.0 Å². The van der Waals surface area contributed by atoms with E-state index in [0.717, 1.165) is 5.56 Å². The van der Waals surface area contributed by atoms with Crippen molar-refractivity contribution >= 4 is 28.2 Å². The van der Waals surface area contributed by atoms with E-state index in [4.69, 9.17) is 22.1 Å². The summed E-state index contributed by atoms with van der Waals surface area (Å²) in [5, 5.41) is 11.6. The number of halogens is 1. The van der Waals surface area contributed by atoms with Gasteiger partial charge in [0.1, 0.15) is 5.75 Å². The summed E-state index contributed by atoms with van der Waals surface area (Å²) >= 11 is 5.97. The van der Waals surface area contributed by atoms with Crippen molar-refractivity contribution in [1.29, 1.82) is 0 Å². The monoisotopic (exact) mass is 344 g/mol. The number of ether oxygens (including phenoxy) is 1. The number of nitro groups is 1. The largest absolute Gasteiger partial charge is 0.497 e. The molecule has 122 valence electrons. The first-order chi connectivity index (χ1) is 11.5. The molecule has 8 heteroatoms. The highest BCUT2D eigenvalue weighted by Crippen LogP contribution is 2.29. The highest BCUT2D eigenvalue weighted by Gasteiger charge is 2.18. The molecule has 0 fully saturated rings. The van der Waals surface area contributed by atoms with Crippen molar-refractivity contribution in [3.05, 3.63) is 69.1 Å². The van der Waals surface area contributed by atoms with Crippen LogP contribution in [0.5, 0.6) is 5.75 Å². The molecule has 3 aromatic rings. The van der Waals surface area contributed by atoms with Gasteiger partial charge in [0, 0.05) is 17.5 Å². The maximum atomic E-state index is 11.0. The van der Waals surface area contributed by atoms with Crippen LogP contribution in [0.1, 0.15) is 17.3 Å². The van der Waals surface area contributed by atoms with Gasteiger partial charge in [-0.1, -0.05) is 12.1 Å². The summed E-state index contributed by atoms with van der Waals surface area (Å²) in [4.78, 5) is 18.8. The minimum absolute atomic E-state index is 0.0373. The zero-order valence-electron chi connectivity index (χ0n) is 12.6. The number of hydrogen-bond acceptors (Lipinski definition) is 6. The molecule has 0 amide bonds. The van der Waals surface area contributed by atoms with Gasteiger partial charge in [0.05, 0.1) is 29.3 Å². The van der Waals surface area contributed by atoms with Crippen molar-refractivity contribution in [2.75, 3.05) is 7.11 Å². The Labute approximate surface area is 142 Å². The van der Waals surface area contributed by atoms with E-state index in [0.29, 0.717) is 22.3 Å². The van der Waals surface area contributed by atoms with Gasteiger partial charge >= 0.3 is 0 Å². The van der Waals surface area contributed by atoms with Gasteiger partial charge in [-0.2, -0.15) is 0 Å². The Morgan fingerprint density at radius 1 is 1.21 bits per heavy atom. The molecule has 1 atom stereocenters. The molecule has 0 spiro atoms. The van der Waals surface area contributed by atoms with Crippen molar-refractivity contribution < 1.29 is 9.66 Å². The summed E-state index contributed by atoms with van der Waals surface area (Å²) in [5.74, 6) is 0.701.